The van der Waals surface area contributed by atoms with Crippen molar-refractivity contribution in [3.8, 4) is 0 Å². The third-order valence-corrected chi connectivity index (χ3v) is 5.92. The van der Waals surface area contributed by atoms with Crippen LogP contribution in [0.5, 0.6) is 0 Å². The van der Waals surface area contributed by atoms with Crippen LogP contribution in [-0.2, 0) is 11.2 Å². The van der Waals surface area contributed by atoms with Crippen LogP contribution >= 0.6 is 11.8 Å². The van der Waals surface area contributed by atoms with Gasteiger partial charge in [0.1, 0.15) is 11.5 Å². The summed E-state index contributed by atoms with van der Waals surface area (Å²) in [6.45, 7) is 0.903. The van der Waals surface area contributed by atoms with Gasteiger partial charge in [-0.15, -0.1) is 10.2 Å². The Labute approximate surface area is 180 Å². The molecule has 1 aliphatic rings. The predicted molar refractivity (Wildman–Crippen MR) is 117 cm³/mol. The van der Waals surface area contributed by atoms with Crippen molar-refractivity contribution in [1.29, 1.82) is 0 Å². The molecule has 3 rings (SSSR count). The molecule has 1 amide bonds. The highest BCUT2D eigenvalue weighted by molar-refractivity contribution is 7.98. The molecule has 0 atom stereocenters. The molecule has 0 bridgehead atoms. The first-order valence-corrected chi connectivity index (χ1v) is 11.5. The average Bonchev–Trinajstić information content (AvgIpc) is 3.40. The number of thioether (sulfide) groups is 1. The van der Waals surface area contributed by atoms with Gasteiger partial charge in [0.25, 0.3) is 5.69 Å². The third kappa shape index (κ3) is 5.71. The molecule has 1 heterocycles. The van der Waals surface area contributed by atoms with Crippen molar-refractivity contribution < 1.29 is 9.72 Å². The number of nitrogens with one attached hydrogen (secondary N) is 2. The van der Waals surface area contributed by atoms with Gasteiger partial charge in [-0.1, -0.05) is 36.7 Å². The highest BCUT2D eigenvalue weighted by atomic mass is 32.2. The van der Waals surface area contributed by atoms with E-state index in [0.29, 0.717) is 24.8 Å². The molecular weight excluding hydrogens is 404 g/mol. The van der Waals surface area contributed by atoms with Gasteiger partial charge < -0.3 is 15.2 Å². The molecule has 0 saturated heterocycles. The summed E-state index contributed by atoms with van der Waals surface area (Å²) in [6.07, 6.45) is 8.72. The molecule has 1 saturated carbocycles. The molecule has 0 radical (unpaired) electrons. The van der Waals surface area contributed by atoms with Crippen molar-refractivity contribution in [2.75, 3.05) is 24.7 Å². The number of carbonyl (C=O) groups is 1. The first-order valence-electron chi connectivity index (χ1n) is 10.3. The summed E-state index contributed by atoms with van der Waals surface area (Å²) >= 11 is 1.63. The van der Waals surface area contributed by atoms with Crippen LogP contribution in [0.1, 0.15) is 50.4 Å². The maximum absolute atomic E-state index is 12.1. The van der Waals surface area contributed by atoms with Crippen LogP contribution in [0.2, 0.25) is 0 Å². The summed E-state index contributed by atoms with van der Waals surface area (Å²) in [7, 11) is 0. The van der Waals surface area contributed by atoms with Crippen molar-refractivity contribution >= 4 is 29.0 Å². The smallest absolute Gasteiger partial charge is 0.292 e. The zero-order valence-electron chi connectivity index (χ0n) is 17.2. The van der Waals surface area contributed by atoms with Crippen LogP contribution in [0.25, 0.3) is 0 Å². The van der Waals surface area contributed by atoms with E-state index in [1.807, 2.05) is 6.26 Å². The number of nitro groups is 1. The van der Waals surface area contributed by atoms with Crippen LogP contribution < -0.4 is 10.6 Å². The lowest BCUT2D eigenvalue weighted by atomic mass is 10.2. The van der Waals surface area contributed by atoms with Gasteiger partial charge in [0.2, 0.25) is 5.91 Å². The Bertz CT molecular complexity index is 866. The molecule has 1 aliphatic carbocycles. The minimum Gasteiger partial charge on any atom is -0.379 e. The Morgan fingerprint density at radius 1 is 1.27 bits per heavy atom. The SMILES string of the molecule is CSc1nnc(CCCNC(=O)CCNc2ccccc2[N+](=O)[O-])n1C1CCCC1. The summed E-state index contributed by atoms with van der Waals surface area (Å²) in [5.41, 5.74) is 0.431. The highest BCUT2D eigenvalue weighted by Crippen LogP contribution is 2.33. The molecule has 1 aromatic heterocycles. The van der Waals surface area contributed by atoms with Gasteiger partial charge in [0.05, 0.1) is 4.92 Å². The normalized spacial score (nSPS) is 14.0. The Morgan fingerprint density at radius 3 is 2.77 bits per heavy atom. The van der Waals surface area contributed by atoms with Gasteiger partial charge >= 0.3 is 0 Å². The molecule has 9 nitrogen and oxygen atoms in total. The van der Waals surface area contributed by atoms with E-state index >= 15 is 0 Å². The Hall–Kier alpha value is -2.62. The van der Waals surface area contributed by atoms with Crippen molar-refractivity contribution in [3.63, 3.8) is 0 Å². The Morgan fingerprint density at radius 2 is 2.03 bits per heavy atom. The highest BCUT2D eigenvalue weighted by Gasteiger charge is 2.23. The molecule has 162 valence electrons. The van der Waals surface area contributed by atoms with E-state index in [9.17, 15) is 14.9 Å². The maximum atomic E-state index is 12.1. The van der Waals surface area contributed by atoms with E-state index in [-0.39, 0.29) is 18.0 Å². The van der Waals surface area contributed by atoms with Crippen molar-refractivity contribution in [3.05, 3.63) is 40.2 Å². The number of hydrogen-bond donors (Lipinski definition) is 2. The number of nitro benzene ring substituents is 1. The molecule has 1 fully saturated rings. The van der Waals surface area contributed by atoms with Gasteiger partial charge in [-0.3, -0.25) is 14.9 Å². The number of amides is 1. The molecule has 0 spiro atoms. The third-order valence-electron chi connectivity index (χ3n) is 5.28. The molecule has 0 aliphatic heterocycles. The lowest BCUT2D eigenvalue weighted by Gasteiger charge is -2.16. The number of rotatable bonds is 11. The Balaban J connectivity index is 1.40. The predicted octanol–water partition coefficient (Wildman–Crippen LogP) is 3.57. The molecule has 2 N–H and O–H groups in total. The van der Waals surface area contributed by atoms with Gasteiger partial charge in [0.15, 0.2) is 5.16 Å². The van der Waals surface area contributed by atoms with Crippen LogP contribution in [0.3, 0.4) is 0 Å². The number of anilines is 1. The monoisotopic (exact) mass is 432 g/mol. The molecular formula is C20H28N6O3S. The van der Waals surface area contributed by atoms with Crippen LogP contribution in [0, 0.1) is 10.1 Å². The zero-order chi connectivity index (χ0) is 21.3. The van der Waals surface area contributed by atoms with Crippen molar-refractivity contribution in [2.24, 2.45) is 0 Å². The number of benzene rings is 1. The van der Waals surface area contributed by atoms with E-state index in [1.54, 1.807) is 30.0 Å². The molecule has 1 aromatic carbocycles. The number of nitrogens with zero attached hydrogens (tertiary/aromatic N) is 4. The first-order chi connectivity index (χ1) is 14.6. The average molecular weight is 433 g/mol. The minimum absolute atomic E-state index is 0.00824. The molecule has 2 aromatic rings. The fourth-order valence-electron chi connectivity index (χ4n) is 3.80. The Kier molecular flexibility index (Phi) is 8.06. The van der Waals surface area contributed by atoms with Gasteiger partial charge in [-0.25, -0.2) is 0 Å². The number of hydrogen-bond acceptors (Lipinski definition) is 7. The topological polar surface area (TPSA) is 115 Å². The lowest BCUT2D eigenvalue weighted by molar-refractivity contribution is -0.384. The fraction of sp³-hybridized carbons (Fsp3) is 0.550. The minimum atomic E-state index is -0.435. The summed E-state index contributed by atoms with van der Waals surface area (Å²) in [6, 6.07) is 6.92. The fourth-order valence-corrected chi connectivity index (χ4v) is 4.38. The second kappa shape index (κ2) is 11.0. The van der Waals surface area contributed by atoms with Gasteiger partial charge in [-0.05, 0) is 31.6 Å². The summed E-state index contributed by atoms with van der Waals surface area (Å²) in [5.74, 6) is 0.918. The zero-order valence-corrected chi connectivity index (χ0v) is 18.0. The largest absolute Gasteiger partial charge is 0.379 e. The van der Waals surface area contributed by atoms with Crippen LogP contribution in [0.4, 0.5) is 11.4 Å². The second-order valence-corrected chi connectivity index (χ2v) is 8.09. The van der Waals surface area contributed by atoms with E-state index in [2.05, 4.69) is 25.4 Å². The van der Waals surface area contributed by atoms with E-state index in [0.717, 1.165) is 23.8 Å². The van der Waals surface area contributed by atoms with E-state index in [1.165, 1.54) is 31.7 Å². The lowest BCUT2D eigenvalue weighted by Crippen LogP contribution is -2.27. The van der Waals surface area contributed by atoms with Crippen LogP contribution in [-0.4, -0.2) is 44.9 Å². The number of aryl methyl sites for hydroxylation is 1. The molecule has 10 heteroatoms. The van der Waals surface area contributed by atoms with Crippen LogP contribution in [0.15, 0.2) is 29.4 Å². The van der Waals surface area contributed by atoms with Gasteiger partial charge in [0, 0.05) is 38.0 Å². The second-order valence-electron chi connectivity index (χ2n) is 7.32. The standard InChI is InChI=1S/C20H28N6O3S/c1-30-20-24-23-18(25(20)15-7-2-3-8-15)11-6-13-22-19(27)12-14-21-16-9-4-5-10-17(16)26(28)29/h4-5,9-10,15,21H,2-3,6-8,11-14H2,1H3,(H,22,27). The van der Waals surface area contributed by atoms with E-state index in [4.69, 9.17) is 0 Å². The van der Waals surface area contributed by atoms with Crippen molar-refractivity contribution in [1.82, 2.24) is 20.1 Å². The maximum Gasteiger partial charge on any atom is 0.292 e. The molecule has 30 heavy (non-hydrogen) atoms. The summed E-state index contributed by atoms with van der Waals surface area (Å²) in [5, 5.41) is 26.5. The van der Waals surface area contributed by atoms with E-state index < -0.39 is 4.92 Å². The number of aromatic nitrogens is 3. The van der Waals surface area contributed by atoms with Crippen molar-refractivity contribution in [2.45, 2.75) is 56.1 Å². The van der Waals surface area contributed by atoms with Gasteiger partial charge in [-0.2, -0.15) is 0 Å². The quantitative estimate of drug-likeness (QED) is 0.241. The number of carbonyl (C=O) groups excluding carboxylic acids is 1. The first kappa shape index (κ1) is 22.1. The molecule has 0 unspecified atom stereocenters. The summed E-state index contributed by atoms with van der Waals surface area (Å²) in [4.78, 5) is 22.6. The summed E-state index contributed by atoms with van der Waals surface area (Å²) < 4.78 is 2.29. The number of para-hydroxylation sites is 2.